The lowest BCUT2D eigenvalue weighted by molar-refractivity contribution is 0.102. The zero-order valence-corrected chi connectivity index (χ0v) is 13.5. The molecule has 0 aliphatic heterocycles. The highest BCUT2D eigenvalue weighted by molar-refractivity contribution is 6.05. The molecule has 0 atom stereocenters. The first-order valence-electron chi connectivity index (χ1n) is 7.61. The highest BCUT2D eigenvalue weighted by Crippen LogP contribution is 2.27. The molecule has 120 valence electrons. The number of carbonyl (C=O) groups excluding carboxylic acids is 2. The molecule has 0 bridgehead atoms. The molecule has 0 radical (unpaired) electrons. The number of anilines is 1. The highest BCUT2D eigenvalue weighted by atomic mass is 16.3. The van der Waals surface area contributed by atoms with Crippen LogP contribution in [0.1, 0.15) is 32.0 Å². The van der Waals surface area contributed by atoms with Crippen LogP contribution in [0.15, 0.2) is 59.0 Å². The Morgan fingerprint density at radius 1 is 1.04 bits per heavy atom. The average molecular weight is 319 g/mol. The lowest BCUT2D eigenvalue weighted by Gasteiger charge is -2.10. The predicted molar refractivity (Wildman–Crippen MR) is 93.4 cm³/mol. The topological polar surface area (TPSA) is 59.3 Å². The van der Waals surface area contributed by atoms with Crippen LogP contribution in [0.3, 0.4) is 0 Å². The number of aldehydes is 1. The van der Waals surface area contributed by atoms with Crippen molar-refractivity contribution in [1.82, 2.24) is 0 Å². The number of rotatable bonds is 4. The van der Waals surface area contributed by atoms with Gasteiger partial charge in [0.15, 0.2) is 12.0 Å². The summed E-state index contributed by atoms with van der Waals surface area (Å²) in [6, 6.07) is 16.4. The van der Waals surface area contributed by atoms with E-state index in [0.717, 1.165) is 16.7 Å². The average Bonchev–Trinajstić information content (AvgIpc) is 3.06. The van der Waals surface area contributed by atoms with Gasteiger partial charge in [0, 0.05) is 16.8 Å². The van der Waals surface area contributed by atoms with Crippen LogP contribution in [0.2, 0.25) is 0 Å². The molecular weight excluding hydrogens is 302 g/mol. The summed E-state index contributed by atoms with van der Waals surface area (Å²) in [5.74, 6) is 0.700. The molecule has 1 aromatic heterocycles. The molecule has 0 spiro atoms. The van der Waals surface area contributed by atoms with Crippen molar-refractivity contribution < 1.29 is 14.0 Å². The maximum absolute atomic E-state index is 12.4. The predicted octanol–water partition coefficient (Wildman–Crippen LogP) is 4.63. The summed E-state index contributed by atoms with van der Waals surface area (Å²) in [5.41, 5.74) is 4.10. The number of amides is 1. The van der Waals surface area contributed by atoms with Crippen LogP contribution >= 0.6 is 0 Å². The van der Waals surface area contributed by atoms with E-state index in [2.05, 4.69) is 5.32 Å². The third-order valence-electron chi connectivity index (χ3n) is 3.79. The van der Waals surface area contributed by atoms with Crippen molar-refractivity contribution in [1.29, 1.82) is 0 Å². The monoisotopic (exact) mass is 319 g/mol. The van der Waals surface area contributed by atoms with E-state index in [1.54, 1.807) is 18.2 Å². The van der Waals surface area contributed by atoms with Crippen molar-refractivity contribution in [2.45, 2.75) is 13.8 Å². The third kappa shape index (κ3) is 3.27. The van der Waals surface area contributed by atoms with Gasteiger partial charge in [-0.15, -0.1) is 0 Å². The van der Waals surface area contributed by atoms with Crippen LogP contribution in [0.5, 0.6) is 0 Å². The normalized spacial score (nSPS) is 10.4. The quantitative estimate of drug-likeness (QED) is 0.713. The third-order valence-corrected chi connectivity index (χ3v) is 3.79. The van der Waals surface area contributed by atoms with Gasteiger partial charge in [0.2, 0.25) is 0 Å². The molecule has 2 aromatic carbocycles. The van der Waals surface area contributed by atoms with Crippen LogP contribution in [-0.4, -0.2) is 12.2 Å². The summed E-state index contributed by atoms with van der Waals surface area (Å²) >= 11 is 0. The van der Waals surface area contributed by atoms with Crippen molar-refractivity contribution in [3.63, 3.8) is 0 Å². The molecule has 1 heterocycles. The van der Waals surface area contributed by atoms with Gasteiger partial charge in [0.25, 0.3) is 5.91 Å². The lowest BCUT2D eigenvalue weighted by Crippen LogP contribution is -2.12. The Hall–Kier alpha value is -3.14. The molecule has 1 N–H and O–H groups in total. The number of benzene rings is 2. The summed E-state index contributed by atoms with van der Waals surface area (Å²) in [6.07, 6.45) is 0.665. The van der Waals surface area contributed by atoms with Gasteiger partial charge < -0.3 is 9.73 Å². The van der Waals surface area contributed by atoms with E-state index in [0.29, 0.717) is 23.3 Å². The first kappa shape index (κ1) is 15.7. The molecule has 1 amide bonds. The second-order valence-electron chi connectivity index (χ2n) is 5.67. The van der Waals surface area contributed by atoms with E-state index in [-0.39, 0.29) is 11.7 Å². The maximum atomic E-state index is 12.4. The van der Waals surface area contributed by atoms with E-state index >= 15 is 0 Å². The number of hydrogen-bond acceptors (Lipinski definition) is 3. The van der Waals surface area contributed by atoms with Gasteiger partial charge in [-0.25, -0.2) is 0 Å². The molecule has 0 fully saturated rings. The molecule has 3 aromatic rings. The molecule has 0 saturated heterocycles. The zero-order valence-electron chi connectivity index (χ0n) is 13.5. The summed E-state index contributed by atoms with van der Waals surface area (Å²) in [7, 11) is 0. The van der Waals surface area contributed by atoms with Crippen LogP contribution in [0.25, 0.3) is 11.3 Å². The summed E-state index contributed by atoms with van der Waals surface area (Å²) in [5, 5.41) is 2.93. The Labute approximate surface area is 140 Å². The van der Waals surface area contributed by atoms with Crippen molar-refractivity contribution >= 4 is 17.9 Å². The van der Waals surface area contributed by atoms with E-state index in [9.17, 15) is 9.59 Å². The second kappa shape index (κ2) is 6.54. The standard InChI is InChI=1S/C20H17NO3/c1-13-4-3-5-16(10-13)20(23)21-18-11-15(7-6-14(18)2)19-9-8-17(12-22)24-19/h3-12H,1-2H3,(H,21,23). The van der Waals surface area contributed by atoms with E-state index in [1.165, 1.54) is 0 Å². The van der Waals surface area contributed by atoms with Gasteiger partial charge in [-0.3, -0.25) is 9.59 Å². The van der Waals surface area contributed by atoms with Crippen molar-refractivity contribution in [2.24, 2.45) is 0 Å². The molecule has 0 saturated carbocycles. The first-order chi connectivity index (χ1) is 11.6. The van der Waals surface area contributed by atoms with Gasteiger partial charge in [-0.1, -0.05) is 29.8 Å². The second-order valence-corrected chi connectivity index (χ2v) is 5.67. The molecule has 0 aliphatic carbocycles. The fourth-order valence-corrected chi connectivity index (χ4v) is 2.46. The molecule has 0 aliphatic rings. The van der Waals surface area contributed by atoms with Gasteiger partial charge >= 0.3 is 0 Å². The Morgan fingerprint density at radius 2 is 1.88 bits per heavy atom. The Morgan fingerprint density at radius 3 is 2.58 bits per heavy atom. The van der Waals surface area contributed by atoms with Gasteiger partial charge in [0.05, 0.1) is 0 Å². The van der Waals surface area contributed by atoms with E-state index < -0.39 is 0 Å². The smallest absolute Gasteiger partial charge is 0.255 e. The summed E-state index contributed by atoms with van der Waals surface area (Å²) in [6.45, 7) is 3.87. The Bertz CT molecular complexity index is 909. The lowest BCUT2D eigenvalue weighted by atomic mass is 10.1. The van der Waals surface area contributed by atoms with Crippen molar-refractivity contribution in [3.8, 4) is 11.3 Å². The minimum Gasteiger partial charge on any atom is -0.453 e. The minimum absolute atomic E-state index is 0.160. The largest absolute Gasteiger partial charge is 0.453 e. The van der Waals surface area contributed by atoms with Gasteiger partial charge in [-0.2, -0.15) is 0 Å². The molecule has 0 unspecified atom stereocenters. The van der Waals surface area contributed by atoms with E-state index in [4.69, 9.17) is 4.42 Å². The molecule has 4 heteroatoms. The molecular formula is C20H17NO3. The SMILES string of the molecule is Cc1cccc(C(=O)Nc2cc(-c3ccc(C=O)o3)ccc2C)c1. The van der Waals surface area contributed by atoms with Crippen LogP contribution in [0.4, 0.5) is 5.69 Å². The van der Waals surface area contributed by atoms with Crippen molar-refractivity contribution in [3.05, 3.63) is 77.0 Å². The highest BCUT2D eigenvalue weighted by Gasteiger charge is 2.11. The zero-order chi connectivity index (χ0) is 17.1. The first-order valence-corrected chi connectivity index (χ1v) is 7.61. The number of nitrogens with one attached hydrogen (secondary N) is 1. The Balaban J connectivity index is 1.89. The van der Waals surface area contributed by atoms with Gasteiger partial charge in [-0.05, 0) is 49.7 Å². The number of furan rings is 1. The van der Waals surface area contributed by atoms with Crippen molar-refractivity contribution in [2.75, 3.05) is 5.32 Å². The Kier molecular flexibility index (Phi) is 4.29. The number of carbonyl (C=O) groups is 2. The number of hydrogen-bond donors (Lipinski definition) is 1. The minimum atomic E-state index is -0.160. The maximum Gasteiger partial charge on any atom is 0.255 e. The molecule has 3 rings (SSSR count). The summed E-state index contributed by atoms with van der Waals surface area (Å²) < 4.78 is 5.44. The molecule has 24 heavy (non-hydrogen) atoms. The fourth-order valence-electron chi connectivity index (χ4n) is 2.46. The van der Waals surface area contributed by atoms with Crippen LogP contribution in [0, 0.1) is 13.8 Å². The fraction of sp³-hybridized carbons (Fsp3) is 0.100. The van der Waals surface area contributed by atoms with E-state index in [1.807, 2.05) is 50.2 Å². The number of aryl methyl sites for hydroxylation is 2. The van der Waals surface area contributed by atoms with Crippen LogP contribution < -0.4 is 5.32 Å². The summed E-state index contributed by atoms with van der Waals surface area (Å²) in [4.78, 5) is 23.2. The molecule has 4 nitrogen and oxygen atoms in total. The van der Waals surface area contributed by atoms with Gasteiger partial charge in [0.1, 0.15) is 5.76 Å². The van der Waals surface area contributed by atoms with Crippen LogP contribution in [-0.2, 0) is 0 Å².